The van der Waals surface area contributed by atoms with E-state index in [4.69, 9.17) is 16.3 Å². The number of carbonyl (C=O) groups excluding carboxylic acids is 1. The van der Waals surface area contributed by atoms with Crippen LogP contribution in [0, 0.1) is 5.92 Å². The first-order chi connectivity index (χ1) is 10.2. The summed E-state index contributed by atoms with van der Waals surface area (Å²) >= 11 is 5.91. The highest BCUT2D eigenvalue weighted by Gasteiger charge is 2.43. The molecule has 1 atom stereocenters. The average Bonchev–Trinajstić information content (AvgIpc) is 3.22. The van der Waals surface area contributed by atoms with Gasteiger partial charge in [-0.25, -0.2) is 0 Å². The summed E-state index contributed by atoms with van der Waals surface area (Å²) in [4.78, 5) is 12.2. The number of nitrogens with one attached hydrogen (secondary N) is 1. The fourth-order valence-electron chi connectivity index (χ4n) is 3.07. The maximum absolute atomic E-state index is 12.2. The SMILES string of the molecule is O=C(C[C@@H]1CCCOC1)NC1(Cc2ccc(Cl)cc2)CC1. The molecular weight excluding hydrogens is 286 g/mol. The number of hydrogen-bond acceptors (Lipinski definition) is 2. The molecule has 1 aliphatic heterocycles. The van der Waals surface area contributed by atoms with E-state index in [2.05, 4.69) is 5.32 Å². The van der Waals surface area contributed by atoms with Crippen molar-refractivity contribution < 1.29 is 9.53 Å². The highest BCUT2D eigenvalue weighted by molar-refractivity contribution is 6.30. The van der Waals surface area contributed by atoms with Crippen LogP contribution in [0.15, 0.2) is 24.3 Å². The van der Waals surface area contributed by atoms with Crippen LogP contribution in [0.25, 0.3) is 0 Å². The number of halogens is 1. The Balaban J connectivity index is 1.51. The Labute approximate surface area is 131 Å². The van der Waals surface area contributed by atoms with E-state index in [1.165, 1.54) is 5.56 Å². The minimum Gasteiger partial charge on any atom is -0.381 e. The molecule has 0 aromatic heterocycles. The van der Waals surface area contributed by atoms with E-state index in [0.717, 1.165) is 50.3 Å². The minimum absolute atomic E-state index is 0.0135. The summed E-state index contributed by atoms with van der Waals surface area (Å²) in [7, 11) is 0. The molecule has 0 bridgehead atoms. The van der Waals surface area contributed by atoms with Gasteiger partial charge in [-0.2, -0.15) is 0 Å². The normalized spacial score (nSPS) is 23.6. The van der Waals surface area contributed by atoms with Crippen molar-refractivity contribution in [2.45, 2.75) is 44.1 Å². The van der Waals surface area contributed by atoms with Crippen molar-refractivity contribution >= 4 is 17.5 Å². The third-order valence-electron chi connectivity index (χ3n) is 4.44. The summed E-state index contributed by atoms with van der Waals surface area (Å²) in [5.41, 5.74) is 1.22. The molecule has 0 unspecified atom stereocenters. The smallest absolute Gasteiger partial charge is 0.220 e. The van der Waals surface area contributed by atoms with Gasteiger partial charge in [0.15, 0.2) is 0 Å². The molecule has 1 amide bonds. The van der Waals surface area contributed by atoms with Gasteiger partial charge in [-0.3, -0.25) is 4.79 Å². The van der Waals surface area contributed by atoms with Gasteiger partial charge in [0.05, 0.1) is 0 Å². The summed E-state index contributed by atoms with van der Waals surface area (Å²) in [5, 5.41) is 4.00. The Morgan fingerprint density at radius 3 is 2.71 bits per heavy atom. The lowest BCUT2D eigenvalue weighted by molar-refractivity contribution is -0.124. The molecule has 1 saturated carbocycles. The van der Waals surface area contributed by atoms with Gasteiger partial charge < -0.3 is 10.1 Å². The second-order valence-corrected chi connectivity index (χ2v) is 6.86. The number of hydrogen-bond donors (Lipinski definition) is 1. The Morgan fingerprint density at radius 1 is 1.33 bits per heavy atom. The van der Waals surface area contributed by atoms with Crippen LogP contribution < -0.4 is 5.32 Å². The van der Waals surface area contributed by atoms with Gasteiger partial charge >= 0.3 is 0 Å². The third-order valence-corrected chi connectivity index (χ3v) is 4.69. The summed E-state index contributed by atoms with van der Waals surface area (Å²) in [6.45, 7) is 1.58. The van der Waals surface area contributed by atoms with Crippen LogP contribution in [0.4, 0.5) is 0 Å². The lowest BCUT2D eigenvalue weighted by Gasteiger charge is -2.23. The van der Waals surface area contributed by atoms with E-state index in [9.17, 15) is 4.79 Å². The number of carbonyl (C=O) groups is 1. The molecule has 3 rings (SSSR count). The topological polar surface area (TPSA) is 38.3 Å². The van der Waals surface area contributed by atoms with E-state index < -0.39 is 0 Å². The Kier molecular flexibility index (Phi) is 4.51. The van der Waals surface area contributed by atoms with Crippen LogP contribution in [0.3, 0.4) is 0 Å². The van der Waals surface area contributed by atoms with Crippen LogP contribution in [-0.4, -0.2) is 24.7 Å². The summed E-state index contributed by atoms with van der Waals surface area (Å²) < 4.78 is 5.44. The number of ether oxygens (including phenoxy) is 1. The van der Waals surface area contributed by atoms with Crippen LogP contribution in [-0.2, 0) is 16.0 Å². The summed E-state index contributed by atoms with van der Waals surface area (Å²) in [5.74, 6) is 0.571. The molecule has 1 aromatic carbocycles. The zero-order valence-corrected chi connectivity index (χ0v) is 13.0. The standard InChI is InChI=1S/C17H22ClNO2/c18-15-5-3-13(4-6-15)11-17(7-8-17)19-16(20)10-14-2-1-9-21-12-14/h3-6,14H,1-2,7-12H2,(H,19,20)/t14-/m0/s1. The Morgan fingerprint density at radius 2 is 2.10 bits per heavy atom. The van der Waals surface area contributed by atoms with Crippen molar-refractivity contribution in [2.75, 3.05) is 13.2 Å². The van der Waals surface area contributed by atoms with Gasteiger partial charge in [0, 0.05) is 30.2 Å². The molecule has 1 heterocycles. The lowest BCUT2D eigenvalue weighted by atomic mass is 9.97. The molecule has 1 N–H and O–H groups in total. The first kappa shape index (κ1) is 14.9. The van der Waals surface area contributed by atoms with Gasteiger partial charge in [0.1, 0.15) is 0 Å². The molecule has 1 aromatic rings. The number of benzene rings is 1. The summed E-state index contributed by atoms with van der Waals surface area (Å²) in [6, 6.07) is 7.91. The van der Waals surface area contributed by atoms with Gasteiger partial charge in [-0.1, -0.05) is 23.7 Å². The van der Waals surface area contributed by atoms with Gasteiger partial charge in [0.2, 0.25) is 5.91 Å². The van der Waals surface area contributed by atoms with Gasteiger partial charge in [0.25, 0.3) is 0 Å². The number of rotatable bonds is 5. The van der Waals surface area contributed by atoms with Gasteiger partial charge in [-0.15, -0.1) is 0 Å². The highest BCUT2D eigenvalue weighted by atomic mass is 35.5. The maximum atomic E-state index is 12.2. The molecule has 1 aliphatic carbocycles. The van der Waals surface area contributed by atoms with Gasteiger partial charge in [-0.05, 0) is 55.7 Å². The average molecular weight is 308 g/mol. The molecule has 21 heavy (non-hydrogen) atoms. The first-order valence-electron chi connectivity index (χ1n) is 7.78. The zero-order chi connectivity index (χ0) is 14.7. The molecule has 3 nitrogen and oxygen atoms in total. The van der Waals surface area contributed by atoms with Crippen LogP contribution in [0.5, 0.6) is 0 Å². The van der Waals surface area contributed by atoms with E-state index in [0.29, 0.717) is 12.3 Å². The highest BCUT2D eigenvalue weighted by Crippen LogP contribution is 2.39. The quantitative estimate of drug-likeness (QED) is 0.906. The predicted molar refractivity (Wildman–Crippen MR) is 83.4 cm³/mol. The molecule has 1 saturated heterocycles. The van der Waals surface area contributed by atoms with E-state index in [1.807, 2.05) is 24.3 Å². The fraction of sp³-hybridized carbons (Fsp3) is 0.588. The molecule has 114 valence electrons. The van der Waals surface area contributed by atoms with Crippen molar-refractivity contribution in [3.8, 4) is 0 Å². The predicted octanol–water partition coefficient (Wildman–Crippen LogP) is 3.35. The van der Waals surface area contributed by atoms with E-state index in [1.54, 1.807) is 0 Å². The molecular formula is C17H22ClNO2. The van der Waals surface area contributed by atoms with Crippen molar-refractivity contribution in [3.63, 3.8) is 0 Å². The molecule has 2 fully saturated rings. The van der Waals surface area contributed by atoms with Crippen molar-refractivity contribution in [2.24, 2.45) is 5.92 Å². The lowest BCUT2D eigenvalue weighted by Crippen LogP contribution is -2.40. The van der Waals surface area contributed by atoms with Crippen molar-refractivity contribution in [1.82, 2.24) is 5.32 Å². The Hall–Kier alpha value is -1.06. The van der Waals surface area contributed by atoms with Crippen molar-refractivity contribution in [1.29, 1.82) is 0 Å². The Bertz CT molecular complexity index is 490. The largest absolute Gasteiger partial charge is 0.381 e. The van der Waals surface area contributed by atoms with E-state index in [-0.39, 0.29) is 11.4 Å². The summed E-state index contributed by atoms with van der Waals surface area (Å²) in [6.07, 6.45) is 5.83. The fourth-order valence-corrected chi connectivity index (χ4v) is 3.19. The zero-order valence-electron chi connectivity index (χ0n) is 12.2. The second kappa shape index (κ2) is 6.37. The third kappa shape index (κ3) is 4.21. The van der Waals surface area contributed by atoms with Crippen molar-refractivity contribution in [3.05, 3.63) is 34.9 Å². The van der Waals surface area contributed by atoms with Crippen LogP contribution in [0.1, 0.15) is 37.7 Å². The molecule has 0 radical (unpaired) electrons. The molecule has 0 spiro atoms. The maximum Gasteiger partial charge on any atom is 0.220 e. The monoisotopic (exact) mass is 307 g/mol. The first-order valence-corrected chi connectivity index (χ1v) is 8.16. The molecule has 2 aliphatic rings. The van der Waals surface area contributed by atoms with Crippen LogP contribution >= 0.6 is 11.6 Å². The minimum atomic E-state index is -0.0135. The van der Waals surface area contributed by atoms with Crippen LogP contribution in [0.2, 0.25) is 5.02 Å². The van der Waals surface area contributed by atoms with E-state index >= 15 is 0 Å². The number of amides is 1. The second-order valence-electron chi connectivity index (χ2n) is 6.42. The molecule has 4 heteroatoms.